The van der Waals surface area contributed by atoms with E-state index in [1.807, 2.05) is 0 Å². The molecule has 0 bridgehead atoms. The average molecular weight is 331 g/mol. The van der Waals surface area contributed by atoms with Gasteiger partial charge in [0.1, 0.15) is 5.75 Å². The van der Waals surface area contributed by atoms with E-state index in [0.717, 1.165) is 0 Å². The molecule has 0 spiro atoms. The fourth-order valence-corrected chi connectivity index (χ4v) is 1.94. The second-order valence-electron chi connectivity index (χ2n) is 4.96. The number of methoxy groups -OCH3 is 1. The second kappa shape index (κ2) is 6.97. The Morgan fingerprint density at radius 3 is 2.65 bits per heavy atom. The quantitative estimate of drug-likeness (QED) is 0.874. The third-order valence-corrected chi connectivity index (χ3v) is 3.07. The predicted octanol–water partition coefficient (Wildman–Crippen LogP) is 2.10. The molecule has 9 heteroatoms. The molecule has 1 atom stereocenters. The molecule has 0 amide bonds. The van der Waals surface area contributed by atoms with Crippen molar-refractivity contribution in [3.05, 3.63) is 30.2 Å². The highest BCUT2D eigenvalue weighted by Gasteiger charge is 2.38. The third kappa shape index (κ3) is 4.42. The molecule has 0 aliphatic heterocycles. The minimum Gasteiger partial charge on any atom is -0.496 e. The average Bonchev–Trinajstić information content (AvgIpc) is 2.94. The van der Waals surface area contributed by atoms with E-state index >= 15 is 0 Å². The van der Waals surface area contributed by atoms with Gasteiger partial charge in [0.2, 0.25) is 5.89 Å². The summed E-state index contributed by atoms with van der Waals surface area (Å²) in [6.45, 7) is -0.606. The van der Waals surface area contributed by atoms with Gasteiger partial charge in [0.15, 0.2) is 6.10 Å². The molecular weight excluding hydrogens is 315 g/mol. The summed E-state index contributed by atoms with van der Waals surface area (Å²) in [5.41, 5.74) is 0.590. The highest BCUT2D eigenvalue weighted by atomic mass is 19.4. The number of aliphatic hydroxyl groups excluding tert-OH is 1. The Morgan fingerprint density at radius 2 is 2.00 bits per heavy atom. The van der Waals surface area contributed by atoms with Crippen molar-refractivity contribution in [1.82, 2.24) is 15.1 Å². The van der Waals surface area contributed by atoms with E-state index in [1.165, 1.54) is 19.1 Å². The van der Waals surface area contributed by atoms with Crippen LogP contribution in [0.1, 0.15) is 5.89 Å². The van der Waals surface area contributed by atoms with Crippen LogP contribution in [-0.2, 0) is 6.54 Å². The number of para-hydroxylation sites is 1. The lowest BCUT2D eigenvalue weighted by atomic mass is 10.2. The molecule has 0 radical (unpaired) electrons. The monoisotopic (exact) mass is 331 g/mol. The van der Waals surface area contributed by atoms with Crippen LogP contribution in [0.4, 0.5) is 13.2 Å². The van der Waals surface area contributed by atoms with Crippen molar-refractivity contribution in [3.63, 3.8) is 0 Å². The Bertz CT molecular complexity index is 645. The van der Waals surface area contributed by atoms with Gasteiger partial charge < -0.3 is 14.3 Å². The van der Waals surface area contributed by atoms with Gasteiger partial charge in [-0.2, -0.15) is 13.2 Å². The lowest BCUT2D eigenvalue weighted by Gasteiger charge is -2.20. The van der Waals surface area contributed by atoms with Gasteiger partial charge in [0, 0.05) is 6.54 Å². The largest absolute Gasteiger partial charge is 0.496 e. The van der Waals surface area contributed by atoms with Gasteiger partial charge in [-0.3, -0.25) is 4.90 Å². The molecule has 0 saturated carbocycles. The highest BCUT2D eigenvalue weighted by Crippen LogP contribution is 2.28. The number of rotatable bonds is 6. The summed E-state index contributed by atoms with van der Waals surface area (Å²) in [7, 11) is 2.92. The summed E-state index contributed by atoms with van der Waals surface area (Å²) in [5, 5.41) is 16.7. The van der Waals surface area contributed by atoms with E-state index in [1.54, 1.807) is 24.3 Å². The first-order chi connectivity index (χ1) is 10.8. The third-order valence-electron chi connectivity index (χ3n) is 3.07. The number of nitrogens with zero attached hydrogens (tertiary/aromatic N) is 3. The molecule has 1 aromatic heterocycles. The van der Waals surface area contributed by atoms with Gasteiger partial charge in [-0.05, 0) is 19.2 Å². The maximum Gasteiger partial charge on any atom is 0.415 e. The molecule has 1 aromatic carbocycles. The topological polar surface area (TPSA) is 71.6 Å². The van der Waals surface area contributed by atoms with Crippen LogP contribution in [0.2, 0.25) is 0 Å². The summed E-state index contributed by atoms with van der Waals surface area (Å²) in [4.78, 5) is 1.25. The van der Waals surface area contributed by atoms with Gasteiger partial charge in [-0.1, -0.05) is 12.1 Å². The van der Waals surface area contributed by atoms with Crippen molar-refractivity contribution in [2.45, 2.75) is 18.8 Å². The van der Waals surface area contributed by atoms with Crippen molar-refractivity contribution in [2.75, 3.05) is 20.7 Å². The van der Waals surface area contributed by atoms with Gasteiger partial charge in [0.05, 0.1) is 19.2 Å². The SMILES string of the molecule is COc1ccccc1-c1nnc(CN(C)CC(O)C(F)(F)F)o1. The molecule has 1 heterocycles. The molecular formula is C14H16F3N3O3. The van der Waals surface area contributed by atoms with Crippen LogP contribution in [0, 0.1) is 0 Å². The number of likely N-dealkylation sites (N-methyl/N-ethyl adjacent to an activating group) is 1. The Labute approximate surface area is 130 Å². The Morgan fingerprint density at radius 1 is 1.30 bits per heavy atom. The maximum atomic E-state index is 12.3. The van der Waals surface area contributed by atoms with E-state index in [4.69, 9.17) is 14.3 Å². The normalized spacial score (nSPS) is 13.3. The fourth-order valence-electron chi connectivity index (χ4n) is 1.94. The molecule has 0 aliphatic rings. The molecule has 126 valence electrons. The number of aromatic nitrogens is 2. The molecule has 1 unspecified atom stereocenters. The molecule has 23 heavy (non-hydrogen) atoms. The number of hydrogen-bond acceptors (Lipinski definition) is 6. The predicted molar refractivity (Wildman–Crippen MR) is 74.7 cm³/mol. The van der Waals surface area contributed by atoms with E-state index in [9.17, 15) is 13.2 Å². The minimum atomic E-state index is -4.66. The highest BCUT2D eigenvalue weighted by molar-refractivity contribution is 5.62. The Balaban J connectivity index is 2.05. The van der Waals surface area contributed by atoms with E-state index in [2.05, 4.69) is 10.2 Å². The van der Waals surface area contributed by atoms with Crippen LogP contribution in [0.5, 0.6) is 5.75 Å². The standard InChI is InChI=1S/C14H16F3N3O3/c1-20(7-11(21)14(15,16)17)8-12-18-19-13(23-12)9-5-3-4-6-10(9)22-2/h3-6,11,21H,7-8H2,1-2H3. The molecule has 0 saturated heterocycles. The van der Waals surface area contributed by atoms with Crippen LogP contribution in [0.15, 0.2) is 28.7 Å². The summed E-state index contributed by atoms with van der Waals surface area (Å²) in [5.74, 6) is 0.897. The number of alkyl halides is 3. The minimum absolute atomic E-state index is 0.0186. The molecule has 0 aliphatic carbocycles. The lowest BCUT2D eigenvalue weighted by molar-refractivity contribution is -0.207. The molecule has 2 rings (SSSR count). The van der Waals surface area contributed by atoms with Crippen LogP contribution in [0.3, 0.4) is 0 Å². The fraction of sp³-hybridized carbons (Fsp3) is 0.429. The first-order valence-electron chi connectivity index (χ1n) is 6.70. The summed E-state index contributed by atoms with van der Waals surface area (Å²) in [6.07, 6.45) is -7.09. The number of hydrogen-bond donors (Lipinski definition) is 1. The number of halogens is 3. The first kappa shape index (κ1) is 17.2. The van der Waals surface area contributed by atoms with Crippen molar-refractivity contribution < 1.29 is 27.4 Å². The van der Waals surface area contributed by atoms with Crippen molar-refractivity contribution in [2.24, 2.45) is 0 Å². The molecule has 6 nitrogen and oxygen atoms in total. The van der Waals surface area contributed by atoms with E-state index in [-0.39, 0.29) is 18.3 Å². The number of aliphatic hydroxyl groups is 1. The van der Waals surface area contributed by atoms with Crippen molar-refractivity contribution in [1.29, 1.82) is 0 Å². The molecule has 2 aromatic rings. The van der Waals surface area contributed by atoms with Crippen molar-refractivity contribution in [3.8, 4) is 17.2 Å². The molecule has 0 fully saturated rings. The van der Waals surface area contributed by atoms with Gasteiger partial charge in [-0.15, -0.1) is 10.2 Å². The van der Waals surface area contributed by atoms with Crippen LogP contribution < -0.4 is 4.74 Å². The van der Waals surface area contributed by atoms with Crippen LogP contribution in [0.25, 0.3) is 11.5 Å². The number of benzene rings is 1. The zero-order valence-corrected chi connectivity index (χ0v) is 12.5. The van der Waals surface area contributed by atoms with Gasteiger partial charge in [-0.25, -0.2) is 0 Å². The van der Waals surface area contributed by atoms with Crippen molar-refractivity contribution >= 4 is 0 Å². The second-order valence-corrected chi connectivity index (χ2v) is 4.96. The lowest BCUT2D eigenvalue weighted by Crippen LogP contribution is -2.39. The maximum absolute atomic E-state index is 12.3. The van der Waals surface area contributed by atoms with Gasteiger partial charge in [0.25, 0.3) is 5.89 Å². The Hall–Kier alpha value is -2.13. The van der Waals surface area contributed by atoms with Gasteiger partial charge >= 0.3 is 6.18 Å². The number of ether oxygens (including phenoxy) is 1. The Kier molecular flexibility index (Phi) is 5.22. The summed E-state index contributed by atoms with van der Waals surface area (Å²) in [6, 6.07) is 7.01. The zero-order valence-electron chi connectivity index (χ0n) is 12.5. The van der Waals surface area contributed by atoms with Crippen LogP contribution in [-0.4, -0.2) is 53.2 Å². The molecule has 1 N–H and O–H groups in total. The van der Waals surface area contributed by atoms with E-state index in [0.29, 0.717) is 11.3 Å². The zero-order chi connectivity index (χ0) is 17.0. The van der Waals surface area contributed by atoms with Crippen LogP contribution >= 0.6 is 0 Å². The smallest absolute Gasteiger partial charge is 0.415 e. The summed E-state index contributed by atoms with van der Waals surface area (Å²) < 4.78 is 47.6. The first-order valence-corrected chi connectivity index (χ1v) is 6.70. The van der Waals surface area contributed by atoms with E-state index < -0.39 is 18.8 Å². The summed E-state index contributed by atoms with van der Waals surface area (Å²) >= 11 is 0.